The Morgan fingerprint density at radius 3 is 2.56 bits per heavy atom. The van der Waals surface area contributed by atoms with Crippen LogP contribution in [0.25, 0.3) is 35.2 Å². The van der Waals surface area contributed by atoms with Gasteiger partial charge < -0.3 is 19.2 Å². The van der Waals surface area contributed by atoms with Crippen LogP contribution in [-0.2, 0) is 6.61 Å². The quantitative estimate of drug-likeness (QED) is 0.263. The van der Waals surface area contributed by atoms with Crippen LogP contribution < -0.4 is 14.2 Å². The first kappa shape index (κ1) is 23.0. The molecule has 2 N–H and O–H groups in total. The summed E-state index contributed by atoms with van der Waals surface area (Å²) in [7, 11) is 3.32. The molecule has 0 aliphatic heterocycles. The summed E-state index contributed by atoms with van der Waals surface area (Å²) in [5.41, 5.74) is 5.64. The largest absolute Gasteiger partial charge is 0.497 e. The summed E-state index contributed by atoms with van der Waals surface area (Å²) in [6.07, 6.45) is 11.7. The van der Waals surface area contributed by atoms with Crippen LogP contribution in [0.15, 0.2) is 73.1 Å². The lowest BCUT2D eigenvalue weighted by Gasteiger charge is -2.09. The summed E-state index contributed by atoms with van der Waals surface area (Å²) in [5.74, 6) is 2.27. The van der Waals surface area contributed by atoms with Gasteiger partial charge in [0.05, 0.1) is 31.3 Å². The molecule has 0 amide bonds. The first-order valence-corrected chi connectivity index (χ1v) is 11.5. The monoisotopic (exact) mass is 478 g/mol. The maximum absolute atomic E-state index is 5.85. The van der Waals surface area contributed by atoms with Crippen molar-refractivity contribution in [2.45, 2.75) is 6.61 Å². The molecule has 0 aliphatic carbocycles. The van der Waals surface area contributed by atoms with Gasteiger partial charge in [0.15, 0.2) is 0 Å². The minimum absolute atomic E-state index is 0.399. The molecule has 0 aliphatic rings. The van der Waals surface area contributed by atoms with Crippen molar-refractivity contribution in [2.24, 2.45) is 0 Å². The van der Waals surface area contributed by atoms with Gasteiger partial charge in [-0.05, 0) is 72.3 Å². The number of benzene rings is 2. The smallest absolute Gasteiger partial charge is 0.130 e. The van der Waals surface area contributed by atoms with Gasteiger partial charge in [0, 0.05) is 34.9 Å². The summed E-state index contributed by atoms with van der Waals surface area (Å²) in [4.78, 5) is 7.56. The first-order valence-electron chi connectivity index (χ1n) is 11.5. The number of pyridine rings is 1. The van der Waals surface area contributed by atoms with Gasteiger partial charge in [-0.3, -0.25) is 10.1 Å². The van der Waals surface area contributed by atoms with Crippen LogP contribution in [0.2, 0.25) is 0 Å². The molecule has 0 saturated heterocycles. The standard InChI is InChI=1S/C29H26N4O3/c1-34-25-12-13-28-27(16-25)21(18-31-28)7-10-23-15-22(32-33-23)9-6-20-8-11-26(17-29(20)35-2)36-19-24-5-3-4-14-30-24/h3-18,31H,19H2,1-2H3,(H,32,33)/b9-6+,10-7+. The molecule has 0 radical (unpaired) electrons. The van der Waals surface area contributed by atoms with E-state index in [9.17, 15) is 0 Å². The number of fused-ring (bicyclic) bond motifs is 1. The van der Waals surface area contributed by atoms with Crippen LogP contribution in [0.5, 0.6) is 17.2 Å². The van der Waals surface area contributed by atoms with Gasteiger partial charge in [-0.15, -0.1) is 0 Å². The number of hydrogen-bond acceptors (Lipinski definition) is 5. The van der Waals surface area contributed by atoms with Gasteiger partial charge in [-0.1, -0.05) is 12.1 Å². The highest BCUT2D eigenvalue weighted by Crippen LogP contribution is 2.27. The third kappa shape index (κ3) is 5.31. The van der Waals surface area contributed by atoms with E-state index in [1.54, 1.807) is 20.4 Å². The molecule has 0 spiro atoms. The van der Waals surface area contributed by atoms with E-state index in [2.05, 4.69) is 20.2 Å². The number of hydrogen-bond donors (Lipinski definition) is 2. The van der Waals surface area contributed by atoms with E-state index >= 15 is 0 Å². The van der Waals surface area contributed by atoms with Crippen LogP contribution in [0.4, 0.5) is 0 Å². The average molecular weight is 479 g/mol. The van der Waals surface area contributed by atoms with Gasteiger partial charge in [-0.25, -0.2) is 0 Å². The number of aromatic nitrogens is 4. The van der Waals surface area contributed by atoms with Gasteiger partial charge in [0.1, 0.15) is 23.9 Å². The Labute approximate surface area is 209 Å². The van der Waals surface area contributed by atoms with E-state index in [1.165, 1.54) is 0 Å². The molecule has 0 fully saturated rings. The zero-order valence-electron chi connectivity index (χ0n) is 20.1. The van der Waals surface area contributed by atoms with E-state index < -0.39 is 0 Å². The maximum Gasteiger partial charge on any atom is 0.130 e. The molecule has 180 valence electrons. The summed E-state index contributed by atoms with van der Waals surface area (Å²) in [5, 5.41) is 8.55. The SMILES string of the molecule is COc1ccc2[nH]cc(/C=C/c3cc(/C=C/c4ccc(OCc5ccccn5)cc4OC)[nH]n3)c2c1. The van der Waals surface area contributed by atoms with E-state index in [1.807, 2.05) is 91.2 Å². The van der Waals surface area contributed by atoms with Crippen molar-refractivity contribution in [3.63, 3.8) is 0 Å². The molecule has 7 nitrogen and oxygen atoms in total. The number of nitrogens with zero attached hydrogens (tertiary/aromatic N) is 2. The number of ether oxygens (including phenoxy) is 3. The van der Waals surface area contributed by atoms with E-state index in [0.717, 1.165) is 56.4 Å². The van der Waals surface area contributed by atoms with Gasteiger partial charge in [0.2, 0.25) is 0 Å². The van der Waals surface area contributed by atoms with Crippen LogP contribution in [-0.4, -0.2) is 34.4 Å². The predicted molar refractivity (Wildman–Crippen MR) is 143 cm³/mol. The predicted octanol–water partition coefficient (Wildman–Crippen LogP) is 6.22. The molecule has 7 heteroatoms. The molecule has 5 aromatic rings. The van der Waals surface area contributed by atoms with Crippen LogP contribution in [0.1, 0.15) is 28.2 Å². The molecule has 0 bridgehead atoms. The van der Waals surface area contributed by atoms with Gasteiger partial charge in [0.25, 0.3) is 0 Å². The molecule has 0 unspecified atom stereocenters. The maximum atomic E-state index is 5.85. The Hall–Kier alpha value is -4.78. The molecule has 2 aromatic carbocycles. The van der Waals surface area contributed by atoms with E-state index in [0.29, 0.717) is 6.61 Å². The molecule has 36 heavy (non-hydrogen) atoms. The second kappa shape index (κ2) is 10.7. The zero-order chi connectivity index (χ0) is 24.7. The normalized spacial score (nSPS) is 11.5. The van der Waals surface area contributed by atoms with Crippen molar-refractivity contribution in [3.05, 3.63) is 101 Å². The lowest BCUT2D eigenvalue weighted by molar-refractivity contribution is 0.299. The number of rotatable bonds is 9. The third-order valence-corrected chi connectivity index (χ3v) is 5.73. The van der Waals surface area contributed by atoms with Crippen LogP contribution in [0.3, 0.4) is 0 Å². The Morgan fingerprint density at radius 2 is 1.72 bits per heavy atom. The molecule has 3 aromatic heterocycles. The van der Waals surface area contributed by atoms with Gasteiger partial charge >= 0.3 is 0 Å². The van der Waals surface area contributed by atoms with Crippen molar-refractivity contribution >= 4 is 35.2 Å². The molecule has 0 atom stereocenters. The van der Waals surface area contributed by atoms with E-state index in [-0.39, 0.29) is 0 Å². The summed E-state index contributed by atoms with van der Waals surface area (Å²) >= 11 is 0. The highest BCUT2D eigenvalue weighted by atomic mass is 16.5. The fourth-order valence-corrected chi connectivity index (χ4v) is 3.82. The fraction of sp³-hybridized carbons (Fsp3) is 0.103. The highest BCUT2D eigenvalue weighted by molar-refractivity contribution is 5.92. The first-order chi connectivity index (χ1) is 17.7. The number of nitrogens with one attached hydrogen (secondary N) is 2. The van der Waals surface area contributed by atoms with Crippen LogP contribution >= 0.6 is 0 Å². The second-order valence-corrected chi connectivity index (χ2v) is 8.08. The van der Waals surface area contributed by atoms with Crippen LogP contribution in [0, 0.1) is 0 Å². The summed E-state index contributed by atoms with van der Waals surface area (Å²) in [6, 6.07) is 19.5. The number of H-pyrrole nitrogens is 2. The van der Waals surface area contributed by atoms with Crippen molar-refractivity contribution in [3.8, 4) is 17.2 Å². The highest BCUT2D eigenvalue weighted by Gasteiger charge is 2.05. The summed E-state index contributed by atoms with van der Waals surface area (Å²) in [6.45, 7) is 0.399. The second-order valence-electron chi connectivity index (χ2n) is 8.08. The van der Waals surface area contributed by atoms with Crippen molar-refractivity contribution < 1.29 is 14.2 Å². The van der Waals surface area contributed by atoms with E-state index in [4.69, 9.17) is 14.2 Å². The average Bonchev–Trinajstić information content (AvgIpc) is 3.56. The molecule has 0 saturated carbocycles. The molecule has 3 heterocycles. The summed E-state index contributed by atoms with van der Waals surface area (Å²) < 4.78 is 16.8. The Bertz CT molecular complexity index is 1520. The van der Waals surface area contributed by atoms with Crippen molar-refractivity contribution in [1.29, 1.82) is 0 Å². The Balaban J connectivity index is 1.26. The molecule has 5 rings (SSSR count). The lowest BCUT2D eigenvalue weighted by atomic mass is 10.1. The fourth-order valence-electron chi connectivity index (χ4n) is 3.82. The Kier molecular flexibility index (Phi) is 6.80. The van der Waals surface area contributed by atoms with Gasteiger partial charge in [-0.2, -0.15) is 5.10 Å². The zero-order valence-corrected chi connectivity index (χ0v) is 20.1. The lowest BCUT2D eigenvalue weighted by Crippen LogP contribution is -1.98. The minimum atomic E-state index is 0.399. The third-order valence-electron chi connectivity index (χ3n) is 5.73. The Morgan fingerprint density at radius 1 is 0.833 bits per heavy atom. The molecular weight excluding hydrogens is 452 g/mol. The minimum Gasteiger partial charge on any atom is -0.497 e. The number of methoxy groups -OCH3 is 2. The molecular formula is C29H26N4O3. The topological polar surface area (TPSA) is 85.0 Å². The van der Waals surface area contributed by atoms with Crippen molar-refractivity contribution in [2.75, 3.05) is 14.2 Å². The number of aromatic amines is 2. The van der Waals surface area contributed by atoms with Crippen molar-refractivity contribution in [1.82, 2.24) is 20.2 Å².